The molecule has 30 heavy (non-hydrogen) atoms. The van der Waals surface area contributed by atoms with E-state index in [1.165, 1.54) is 36.2 Å². The summed E-state index contributed by atoms with van der Waals surface area (Å²) in [6.07, 6.45) is 2.67. The molecule has 2 aromatic carbocycles. The van der Waals surface area contributed by atoms with Crippen molar-refractivity contribution < 1.29 is 4.79 Å². The third-order valence-corrected chi connectivity index (χ3v) is 5.56. The van der Waals surface area contributed by atoms with E-state index in [2.05, 4.69) is 27.4 Å². The highest BCUT2D eigenvalue weighted by Gasteiger charge is 2.12. The molecule has 0 spiro atoms. The molecule has 0 unspecified atom stereocenters. The molecule has 4 rings (SSSR count). The van der Waals surface area contributed by atoms with Gasteiger partial charge in [-0.2, -0.15) is 0 Å². The van der Waals surface area contributed by atoms with Gasteiger partial charge in [-0.25, -0.2) is 4.68 Å². The number of aromatic amines is 1. The first-order valence-corrected chi connectivity index (χ1v) is 10.4. The molecule has 1 aromatic heterocycles. The molecule has 0 saturated carbocycles. The lowest BCUT2D eigenvalue weighted by Crippen LogP contribution is -2.32. The van der Waals surface area contributed by atoms with Crippen LogP contribution in [0.4, 0.5) is 0 Å². The van der Waals surface area contributed by atoms with Gasteiger partial charge in [0.1, 0.15) is 0 Å². The number of carbonyl (C=O) groups is 1. The molecular weight excluding hydrogens is 380 g/mol. The summed E-state index contributed by atoms with van der Waals surface area (Å²) in [5.41, 5.74) is 1.68. The average Bonchev–Trinajstić information content (AvgIpc) is 3.28. The Balaban J connectivity index is 1.30. The van der Waals surface area contributed by atoms with Gasteiger partial charge in [0.2, 0.25) is 5.91 Å². The molecule has 2 heterocycles. The number of benzene rings is 2. The SMILES string of the molecule is O=C(CCn1[nH]c(=O)c2ccccc2c1=O)NCc1ccc(CN2CCCC2)cc1. The Morgan fingerprint density at radius 2 is 1.60 bits per heavy atom. The molecule has 2 N–H and O–H groups in total. The minimum absolute atomic E-state index is 0.112. The normalized spacial score (nSPS) is 14.3. The third-order valence-electron chi connectivity index (χ3n) is 5.56. The van der Waals surface area contributed by atoms with Crippen LogP contribution in [0.3, 0.4) is 0 Å². The molecule has 7 heteroatoms. The van der Waals surface area contributed by atoms with Crippen molar-refractivity contribution in [2.75, 3.05) is 13.1 Å². The lowest BCUT2D eigenvalue weighted by atomic mass is 10.1. The van der Waals surface area contributed by atoms with E-state index in [0.29, 0.717) is 17.3 Å². The van der Waals surface area contributed by atoms with Crippen LogP contribution in [-0.2, 0) is 24.4 Å². The van der Waals surface area contributed by atoms with E-state index < -0.39 is 0 Å². The van der Waals surface area contributed by atoms with Crippen LogP contribution in [0.2, 0.25) is 0 Å². The van der Waals surface area contributed by atoms with Crippen molar-refractivity contribution in [2.24, 2.45) is 0 Å². The number of aryl methyl sites for hydroxylation is 1. The van der Waals surface area contributed by atoms with Crippen molar-refractivity contribution in [3.05, 3.63) is 80.4 Å². The van der Waals surface area contributed by atoms with E-state index in [1.54, 1.807) is 24.3 Å². The molecule has 0 aliphatic carbocycles. The zero-order chi connectivity index (χ0) is 20.9. The van der Waals surface area contributed by atoms with E-state index in [-0.39, 0.29) is 30.0 Å². The quantitative estimate of drug-likeness (QED) is 0.628. The Kier molecular flexibility index (Phi) is 6.09. The number of nitrogens with one attached hydrogen (secondary N) is 2. The average molecular weight is 406 g/mol. The predicted octanol–water partition coefficient (Wildman–Crippen LogP) is 1.99. The van der Waals surface area contributed by atoms with Crippen molar-refractivity contribution in [2.45, 2.75) is 38.9 Å². The van der Waals surface area contributed by atoms with Crippen LogP contribution in [-0.4, -0.2) is 33.7 Å². The van der Waals surface area contributed by atoms with E-state index in [9.17, 15) is 14.4 Å². The molecule has 0 atom stereocenters. The number of nitrogens with zero attached hydrogens (tertiary/aromatic N) is 2. The molecule has 156 valence electrons. The highest BCUT2D eigenvalue weighted by Crippen LogP contribution is 2.13. The van der Waals surface area contributed by atoms with E-state index in [4.69, 9.17) is 0 Å². The summed E-state index contributed by atoms with van der Waals surface area (Å²) < 4.78 is 1.21. The van der Waals surface area contributed by atoms with E-state index >= 15 is 0 Å². The van der Waals surface area contributed by atoms with Crippen molar-refractivity contribution in [1.29, 1.82) is 0 Å². The van der Waals surface area contributed by atoms with E-state index in [0.717, 1.165) is 12.1 Å². The molecule has 1 fully saturated rings. The smallest absolute Gasteiger partial charge is 0.273 e. The number of hydrogen-bond acceptors (Lipinski definition) is 4. The highest BCUT2D eigenvalue weighted by atomic mass is 16.2. The van der Waals surface area contributed by atoms with Crippen LogP contribution in [0.25, 0.3) is 10.8 Å². The van der Waals surface area contributed by atoms with Crippen molar-refractivity contribution in [3.8, 4) is 0 Å². The molecule has 1 aliphatic rings. The van der Waals surface area contributed by atoms with E-state index in [1.807, 2.05) is 12.1 Å². The van der Waals surface area contributed by atoms with Gasteiger partial charge in [-0.15, -0.1) is 0 Å². The summed E-state index contributed by atoms with van der Waals surface area (Å²) in [4.78, 5) is 39.3. The van der Waals surface area contributed by atoms with Gasteiger partial charge in [0.05, 0.1) is 17.3 Å². The zero-order valence-corrected chi connectivity index (χ0v) is 16.9. The first-order valence-electron chi connectivity index (χ1n) is 10.4. The molecule has 0 bridgehead atoms. The van der Waals surface area contributed by atoms with Crippen LogP contribution in [0.15, 0.2) is 58.1 Å². The molecule has 0 radical (unpaired) electrons. The lowest BCUT2D eigenvalue weighted by molar-refractivity contribution is -0.121. The molecule has 7 nitrogen and oxygen atoms in total. The Morgan fingerprint density at radius 1 is 0.933 bits per heavy atom. The summed E-state index contributed by atoms with van der Waals surface area (Å²) in [6.45, 7) is 3.88. The first kappa shape index (κ1) is 20.1. The number of H-pyrrole nitrogens is 1. The van der Waals surface area contributed by atoms with Gasteiger partial charge in [0.15, 0.2) is 0 Å². The summed E-state index contributed by atoms with van der Waals surface area (Å²) in [7, 11) is 0. The van der Waals surface area contributed by atoms with Gasteiger partial charge in [-0.05, 0) is 49.2 Å². The number of likely N-dealkylation sites (tertiary alicyclic amines) is 1. The fourth-order valence-electron chi connectivity index (χ4n) is 3.87. The van der Waals surface area contributed by atoms with Crippen molar-refractivity contribution >= 4 is 16.7 Å². The largest absolute Gasteiger partial charge is 0.352 e. The Morgan fingerprint density at radius 3 is 2.33 bits per heavy atom. The molecule has 1 amide bonds. The summed E-state index contributed by atoms with van der Waals surface area (Å²) in [6, 6.07) is 15.0. The van der Waals surface area contributed by atoms with Gasteiger partial charge in [-0.1, -0.05) is 36.4 Å². The fourth-order valence-corrected chi connectivity index (χ4v) is 3.87. The van der Waals surface area contributed by atoms with Crippen LogP contribution in [0.1, 0.15) is 30.4 Å². The molecule has 3 aromatic rings. The number of amides is 1. The monoisotopic (exact) mass is 406 g/mol. The second kappa shape index (κ2) is 9.09. The number of hydrogen-bond donors (Lipinski definition) is 2. The maximum Gasteiger partial charge on any atom is 0.273 e. The maximum absolute atomic E-state index is 12.5. The minimum Gasteiger partial charge on any atom is -0.352 e. The third kappa shape index (κ3) is 4.68. The van der Waals surface area contributed by atoms with Crippen LogP contribution in [0.5, 0.6) is 0 Å². The van der Waals surface area contributed by atoms with Crippen molar-refractivity contribution in [1.82, 2.24) is 20.0 Å². The Hall–Kier alpha value is -3.19. The number of rotatable bonds is 7. The summed E-state index contributed by atoms with van der Waals surface area (Å²) in [5.74, 6) is -0.169. The van der Waals surface area contributed by atoms with Gasteiger partial charge < -0.3 is 5.32 Å². The van der Waals surface area contributed by atoms with Gasteiger partial charge in [0.25, 0.3) is 11.1 Å². The molecular formula is C23H26N4O3. The van der Waals surface area contributed by atoms with Crippen molar-refractivity contribution in [3.63, 3.8) is 0 Å². The Bertz CT molecular complexity index is 1140. The fraction of sp³-hybridized carbons (Fsp3) is 0.348. The number of carbonyl (C=O) groups excluding carboxylic acids is 1. The molecule has 1 aliphatic heterocycles. The van der Waals surface area contributed by atoms with Gasteiger partial charge in [0, 0.05) is 19.5 Å². The topological polar surface area (TPSA) is 87.2 Å². The van der Waals surface area contributed by atoms with Gasteiger partial charge >= 0.3 is 0 Å². The predicted molar refractivity (Wildman–Crippen MR) is 116 cm³/mol. The zero-order valence-electron chi connectivity index (χ0n) is 16.9. The highest BCUT2D eigenvalue weighted by molar-refractivity contribution is 5.80. The van der Waals surface area contributed by atoms with Crippen LogP contribution in [0, 0.1) is 0 Å². The standard InChI is InChI=1S/C23H26N4O3/c28-21(11-14-27-23(30)20-6-2-1-5-19(20)22(29)25-27)24-15-17-7-9-18(10-8-17)16-26-12-3-4-13-26/h1-2,5-10H,3-4,11-16H2,(H,24,28)(H,25,29). The molecule has 1 saturated heterocycles. The van der Waals surface area contributed by atoms with Crippen LogP contribution >= 0.6 is 0 Å². The summed E-state index contributed by atoms with van der Waals surface area (Å²) >= 11 is 0. The maximum atomic E-state index is 12.5. The number of fused-ring (bicyclic) bond motifs is 1. The minimum atomic E-state index is -0.334. The summed E-state index contributed by atoms with van der Waals surface area (Å²) in [5, 5.41) is 6.14. The van der Waals surface area contributed by atoms with Crippen LogP contribution < -0.4 is 16.4 Å². The lowest BCUT2D eigenvalue weighted by Gasteiger charge is -2.14. The first-order chi connectivity index (χ1) is 14.6. The second-order valence-electron chi connectivity index (χ2n) is 7.77. The second-order valence-corrected chi connectivity index (χ2v) is 7.77. The Labute approximate surface area is 174 Å². The number of aromatic nitrogens is 2. The van der Waals surface area contributed by atoms with Gasteiger partial charge in [-0.3, -0.25) is 24.4 Å².